The molecule has 240 valence electrons. The van der Waals surface area contributed by atoms with Gasteiger partial charge < -0.3 is 35.1 Å². The van der Waals surface area contributed by atoms with Crippen molar-refractivity contribution in [1.29, 1.82) is 0 Å². The Morgan fingerprint density at radius 1 is 0.826 bits per heavy atom. The highest BCUT2D eigenvalue weighted by Gasteiger charge is 2.44. The molecule has 4 N–H and O–H groups in total. The molecular weight excluding hydrogens is 584 g/mol. The zero-order valence-electron chi connectivity index (χ0n) is 26.0. The second-order valence-corrected chi connectivity index (χ2v) is 11.4. The number of fused-ring (bicyclic) bond motifs is 1. The Labute approximate surface area is 268 Å². The quantitative estimate of drug-likeness (QED) is 0.145. The molecule has 1 saturated heterocycles. The minimum atomic E-state index is -1.19. The van der Waals surface area contributed by atoms with Crippen molar-refractivity contribution in [2.45, 2.75) is 50.2 Å². The number of hydrogen-bond donors (Lipinski definition) is 4. The number of rotatable bonds is 14. The largest absolute Gasteiger partial charge is 0.387 e. The van der Waals surface area contributed by atoms with Crippen molar-refractivity contribution in [2.75, 3.05) is 32.7 Å². The van der Waals surface area contributed by atoms with Crippen LogP contribution in [0.4, 0.5) is 5.82 Å². The summed E-state index contributed by atoms with van der Waals surface area (Å²) in [6, 6.07) is 28.8. The molecule has 2 aromatic heterocycles. The lowest BCUT2D eigenvalue weighted by molar-refractivity contribution is -0.0580. The van der Waals surface area contributed by atoms with Crippen LogP contribution < -0.4 is 10.6 Å². The summed E-state index contributed by atoms with van der Waals surface area (Å²) in [6.07, 6.45) is -2.32. The van der Waals surface area contributed by atoms with Gasteiger partial charge in [0.15, 0.2) is 23.2 Å². The van der Waals surface area contributed by atoms with Gasteiger partial charge >= 0.3 is 0 Å². The number of aromatic nitrogens is 4. The maximum absolute atomic E-state index is 10.9. The van der Waals surface area contributed by atoms with Gasteiger partial charge in [-0.25, -0.2) is 15.0 Å². The number of imidazole rings is 1. The SMILES string of the molecule is COCc1ccccc1CNCc1nc(NCC(c2ccccc2)c2ccccc2)c2ncn(C3O[C@H](COC)C(O)C3O)c2n1. The Balaban J connectivity index is 1.32. The smallest absolute Gasteiger partial charge is 0.168 e. The van der Waals surface area contributed by atoms with Crippen molar-refractivity contribution in [3.63, 3.8) is 0 Å². The number of nitrogens with zero attached hydrogens (tertiary/aromatic N) is 4. The molecule has 0 bridgehead atoms. The predicted molar refractivity (Wildman–Crippen MR) is 174 cm³/mol. The van der Waals surface area contributed by atoms with Gasteiger partial charge in [0.1, 0.15) is 24.1 Å². The molecule has 1 aliphatic rings. The fourth-order valence-electron chi connectivity index (χ4n) is 5.94. The Hall–Kier alpha value is -4.23. The van der Waals surface area contributed by atoms with E-state index in [1.165, 1.54) is 18.2 Å². The van der Waals surface area contributed by atoms with Crippen LogP contribution in [0.5, 0.6) is 0 Å². The van der Waals surface area contributed by atoms with Crippen LogP contribution in [0.2, 0.25) is 0 Å². The fourth-order valence-corrected chi connectivity index (χ4v) is 5.94. The topological polar surface area (TPSA) is 136 Å². The second-order valence-electron chi connectivity index (χ2n) is 11.4. The highest BCUT2D eigenvalue weighted by Crippen LogP contribution is 2.33. The van der Waals surface area contributed by atoms with Crippen LogP contribution in [0.3, 0.4) is 0 Å². The minimum absolute atomic E-state index is 0.0540. The molecular formula is C35H40N6O5. The van der Waals surface area contributed by atoms with Crippen LogP contribution in [0, 0.1) is 0 Å². The summed E-state index contributed by atoms with van der Waals surface area (Å²) in [5, 5.41) is 28.6. The molecule has 0 spiro atoms. The fraction of sp³-hybridized carbons (Fsp3) is 0.343. The van der Waals surface area contributed by atoms with E-state index in [1.54, 1.807) is 18.0 Å². The molecule has 1 fully saturated rings. The number of aliphatic hydroxyl groups excluding tert-OH is 2. The van der Waals surface area contributed by atoms with Crippen molar-refractivity contribution in [3.8, 4) is 0 Å². The Bertz CT molecular complexity index is 1660. The highest BCUT2D eigenvalue weighted by molar-refractivity contribution is 5.83. The highest BCUT2D eigenvalue weighted by atomic mass is 16.6. The number of ether oxygens (including phenoxy) is 3. The molecule has 3 aromatic carbocycles. The molecule has 11 nitrogen and oxygen atoms in total. The summed E-state index contributed by atoms with van der Waals surface area (Å²) >= 11 is 0. The maximum Gasteiger partial charge on any atom is 0.168 e. The van der Waals surface area contributed by atoms with Crippen LogP contribution in [0.25, 0.3) is 11.2 Å². The zero-order valence-corrected chi connectivity index (χ0v) is 26.0. The molecule has 1 aliphatic heterocycles. The molecule has 0 saturated carbocycles. The third kappa shape index (κ3) is 6.95. The summed E-state index contributed by atoms with van der Waals surface area (Å²) in [7, 11) is 3.21. The average molecular weight is 625 g/mol. The maximum atomic E-state index is 10.9. The Kier molecular flexibility index (Phi) is 10.3. The minimum Gasteiger partial charge on any atom is -0.387 e. The number of aliphatic hydroxyl groups is 2. The van der Waals surface area contributed by atoms with Gasteiger partial charge in [0.2, 0.25) is 0 Å². The van der Waals surface area contributed by atoms with E-state index in [0.717, 1.165) is 11.1 Å². The first-order valence-corrected chi connectivity index (χ1v) is 15.4. The van der Waals surface area contributed by atoms with Gasteiger partial charge in [0.25, 0.3) is 0 Å². The van der Waals surface area contributed by atoms with Crippen LogP contribution in [0.15, 0.2) is 91.3 Å². The molecule has 5 aromatic rings. The molecule has 11 heteroatoms. The second kappa shape index (κ2) is 14.9. The number of anilines is 1. The van der Waals surface area contributed by atoms with Gasteiger partial charge in [-0.3, -0.25) is 4.57 Å². The van der Waals surface area contributed by atoms with Crippen molar-refractivity contribution >= 4 is 17.0 Å². The van der Waals surface area contributed by atoms with E-state index in [2.05, 4.69) is 52.0 Å². The summed E-state index contributed by atoms with van der Waals surface area (Å²) in [5.41, 5.74) is 5.61. The third-order valence-electron chi connectivity index (χ3n) is 8.30. The lowest BCUT2D eigenvalue weighted by atomic mass is 9.91. The van der Waals surface area contributed by atoms with E-state index in [9.17, 15) is 10.2 Å². The summed E-state index contributed by atoms with van der Waals surface area (Å²) in [6.45, 7) is 2.20. The first kappa shape index (κ1) is 31.7. The standard InChI is InChI=1S/C35H40N6O5/c1-44-20-26-16-10-9-15-25(26)17-36-19-29-39-33(37-18-27(23-11-5-3-6-12-23)24-13-7-4-8-14-24)30-34(40-29)41(22-38-30)35-32(43)31(42)28(46-35)21-45-2/h3-16,22,27-28,31-32,35-36,42-43H,17-21H2,1-2H3,(H,37,39,40)/t28-,31?,32?,35?/m1/s1. The van der Waals surface area contributed by atoms with Crippen molar-refractivity contribution in [3.05, 3.63) is 119 Å². The predicted octanol–water partition coefficient (Wildman–Crippen LogP) is 3.77. The lowest BCUT2D eigenvalue weighted by Gasteiger charge is -2.20. The summed E-state index contributed by atoms with van der Waals surface area (Å²) < 4.78 is 18.3. The van der Waals surface area contributed by atoms with Gasteiger partial charge in [-0.1, -0.05) is 84.9 Å². The van der Waals surface area contributed by atoms with Crippen molar-refractivity contribution < 1.29 is 24.4 Å². The third-order valence-corrected chi connectivity index (χ3v) is 8.30. The molecule has 6 rings (SSSR count). The molecule has 0 radical (unpaired) electrons. The number of methoxy groups -OCH3 is 2. The Morgan fingerprint density at radius 2 is 1.50 bits per heavy atom. The van der Waals surface area contributed by atoms with Crippen LogP contribution >= 0.6 is 0 Å². The van der Waals surface area contributed by atoms with Crippen molar-refractivity contribution in [2.24, 2.45) is 0 Å². The summed E-state index contributed by atoms with van der Waals surface area (Å²) in [5.74, 6) is 1.16. The molecule has 46 heavy (non-hydrogen) atoms. The summed E-state index contributed by atoms with van der Waals surface area (Å²) in [4.78, 5) is 14.4. The van der Waals surface area contributed by atoms with Crippen LogP contribution in [0.1, 0.15) is 40.2 Å². The van der Waals surface area contributed by atoms with Gasteiger partial charge in [-0.15, -0.1) is 0 Å². The zero-order chi connectivity index (χ0) is 31.9. The number of benzene rings is 3. The van der Waals surface area contributed by atoms with E-state index in [0.29, 0.717) is 49.0 Å². The van der Waals surface area contributed by atoms with E-state index in [4.69, 9.17) is 24.2 Å². The molecule has 3 heterocycles. The van der Waals surface area contributed by atoms with Crippen LogP contribution in [-0.4, -0.2) is 75.4 Å². The Morgan fingerprint density at radius 3 is 2.17 bits per heavy atom. The van der Waals surface area contributed by atoms with E-state index < -0.39 is 24.5 Å². The van der Waals surface area contributed by atoms with Gasteiger partial charge in [0, 0.05) is 33.2 Å². The van der Waals surface area contributed by atoms with Crippen LogP contribution in [-0.2, 0) is 33.9 Å². The first-order valence-electron chi connectivity index (χ1n) is 15.4. The monoisotopic (exact) mass is 624 g/mol. The van der Waals surface area contributed by atoms with E-state index >= 15 is 0 Å². The normalized spacial score (nSPS) is 19.7. The molecule has 0 aliphatic carbocycles. The van der Waals surface area contributed by atoms with Gasteiger partial charge in [-0.2, -0.15) is 0 Å². The van der Waals surface area contributed by atoms with E-state index in [-0.39, 0.29) is 12.5 Å². The lowest BCUT2D eigenvalue weighted by Crippen LogP contribution is -2.33. The number of hydrogen-bond acceptors (Lipinski definition) is 10. The molecule has 4 atom stereocenters. The average Bonchev–Trinajstić information content (AvgIpc) is 3.63. The van der Waals surface area contributed by atoms with E-state index in [1.807, 2.05) is 48.5 Å². The number of nitrogens with one attached hydrogen (secondary N) is 2. The van der Waals surface area contributed by atoms with Gasteiger partial charge in [-0.05, 0) is 22.3 Å². The van der Waals surface area contributed by atoms with Crippen molar-refractivity contribution in [1.82, 2.24) is 24.8 Å². The molecule has 3 unspecified atom stereocenters. The molecule has 0 amide bonds. The van der Waals surface area contributed by atoms with Gasteiger partial charge in [0.05, 0.1) is 26.1 Å². The first-order chi connectivity index (χ1) is 22.6.